The summed E-state index contributed by atoms with van der Waals surface area (Å²) >= 11 is 6.12. The largest absolute Gasteiger partial charge is 0.481 e. The smallest absolute Gasteiger partial charge is 0.330 e. The quantitative estimate of drug-likeness (QED) is 0.806. The number of carbonyl (C=O) groups is 2. The highest BCUT2D eigenvalue weighted by Crippen LogP contribution is 2.51. The van der Waals surface area contributed by atoms with Crippen molar-refractivity contribution in [1.82, 2.24) is 0 Å². The fraction of sp³-hybridized carbons (Fsp3) is 0.412. The molecule has 2 unspecified atom stereocenters. The topological polar surface area (TPSA) is 66.8 Å². The number of nitrogens with zero attached hydrogens (tertiary/aromatic N) is 1. The Morgan fingerprint density at radius 1 is 1.48 bits per heavy atom. The van der Waals surface area contributed by atoms with Crippen LogP contribution in [0.2, 0.25) is 5.02 Å². The van der Waals surface area contributed by atoms with Crippen LogP contribution in [-0.4, -0.2) is 29.7 Å². The molecule has 0 fully saturated rings. The van der Waals surface area contributed by atoms with Gasteiger partial charge in [0.2, 0.25) is 0 Å². The SMILES string of the molecule is C=CN1c2ccc(Cl)cc2C(CC)(CC(=O)O)C1C(=O)OCC. The van der Waals surface area contributed by atoms with Crippen LogP contribution in [0.3, 0.4) is 0 Å². The maximum Gasteiger partial charge on any atom is 0.330 e. The lowest BCUT2D eigenvalue weighted by Crippen LogP contribution is -2.50. The van der Waals surface area contributed by atoms with Gasteiger partial charge in [-0.25, -0.2) is 4.79 Å². The number of esters is 1. The number of rotatable bonds is 6. The lowest BCUT2D eigenvalue weighted by Gasteiger charge is -2.34. The minimum absolute atomic E-state index is 0.190. The summed E-state index contributed by atoms with van der Waals surface area (Å²) in [7, 11) is 0. The summed E-state index contributed by atoms with van der Waals surface area (Å²) in [6, 6.07) is 4.46. The first kappa shape index (κ1) is 17.3. The first-order valence-corrected chi connectivity index (χ1v) is 7.88. The number of hydrogen-bond acceptors (Lipinski definition) is 4. The number of benzene rings is 1. The molecule has 0 aliphatic carbocycles. The van der Waals surface area contributed by atoms with Gasteiger partial charge in [-0.3, -0.25) is 4.79 Å². The zero-order chi connectivity index (χ0) is 17.2. The number of anilines is 1. The monoisotopic (exact) mass is 337 g/mol. The van der Waals surface area contributed by atoms with E-state index in [1.807, 2.05) is 6.92 Å². The van der Waals surface area contributed by atoms with E-state index in [-0.39, 0.29) is 13.0 Å². The van der Waals surface area contributed by atoms with Gasteiger partial charge in [0.1, 0.15) is 6.04 Å². The Hall–Kier alpha value is -2.01. The highest BCUT2D eigenvalue weighted by atomic mass is 35.5. The van der Waals surface area contributed by atoms with E-state index >= 15 is 0 Å². The molecule has 0 saturated carbocycles. The second-order valence-corrected chi connectivity index (χ2v) is 5.92. The van der Waals surface area contributed by atoms with Crippen LogP contribution >= 0.6 is 11.6 Å². The highest BCUT2D eigenvalue weighted by molar-refractivity contribution is 6.30. The van der Waals surface area contributed by atoms with Gasteiger partial charge in [0.05, 0.1) is 13.0 Å². The minimum Gasteiger partial charge on any atom is -0.481 e. The normalized spacial score (nSPS) is 22.6. The molecular formula is C17H20ClNO4. The van der Waals surface area contributed by atoms with E-state index in [9.17, 15) is 14.7 Å². The van der Waals surface area contributed by atoms with Gasteiger partial charge in [0.15, 0.2) is 0 Å². The molecule has 1 aliphatic rings. The Labute approximate surface area is 140 Å². The van der Waals surface area contributed by atoms with Gasteiger partial charge in [0, 0.05) is 16.1 Å². The average Bonchev–Trinajstić information content (AvgIpc) is 2.76. The van der Waals surface area contributed by atoms with Crippen LogP contribution in [0.4, 0.5) is 5.69 Å². The molecule has 1 aromatic rings. The summed E-state index contributed by atoms with van der Waals surface area (Å²) in [5, 5.41) is 9.92. The number of carboxylic acids is 1. The van der Waals surface area contributed by atoms with Crippen LogP contribution in [0.25, 0.3) is 0 Å². The van der Waals surface area contributed by atoms with Crippen molar-refractivity contribution >= 4 is 29.2 Å². The van der Waals surface area contributed by atoms with E-state index in [0.29, 0.717) is 11.4 Å². The summed E-state index contributed by atoms with van der Waals surface area (Å²) in [5.41, 5.74) is 0.574. The summed E-state index contributed by atoms with van der Waals surface area (Å²) in [6.45, 7) is 7.59. The first-order valence-electron chi connectivity index (χ1n) is 7.50. The van der Waals surface area contributed by atoms with Crippen molar-refractivity contribution in [3.8, 4) is 0 Å². The molecule has 6 heteroatoms. The molecule has 1 N–H and O–H groups in total. The Morgan fingerprint density at radius 2 is 2.17 bits per heavy atom. The number of carbonyl (C=O) groups excluding carboxylic acids is 1. The molecule has 1 heterocycles. The van der Waals surface area contributed by atoms with Crippen molar-refractivity contribution in [3.63, 3.8) is 0 Å². The fourth-order valence-electron chi connectivity index (χ4n) is 3.42. The molecule has 2 atom stereocenters. The maximum absolute atomic E-state index is 12.6. The number of halogens is 1. The van der Waals surface area contributed by atoms with Crippen molar-refractivity contribution in [2.45, 2.75) is 38.1 Å². The van der Waals surface area contributed by atoms with E-state index in [2.05, 4.69) is 6.58 Å². The molecule has 5 nitrogen and oxygen atoms in total. The van der Waals surface area contributed by atoms with Crippen molar-refractivity contribution in [2.24, 2.45) is 0 Å². The Balaban J connectivity index is 2.69. The lowest BCUT2D eigenvalue weighted by atomic mass is 9.71. The first-order chi connectivity index (χ1) is 10.9. The Bertz CT molecular complexity index is 645. The molecule has 1 aromatic carbocycles. The van der Waals surface area contributed by atoms with Crippen molar-refractivity contribution in [1.29, 1.82) is 0 Å². The Morgan fingerprint density at radius 3 is 2.70 bits per heavy atom. The number of hydrogen-bond donors (Lipinski definition) is 1. The van der Waals surface area contributed by atoms with Crippen LogP contribution in [-0.2, 0) is 19.7 Å². The van der Waals surface area contributed by atoms with Gasteiger partial charge in [-0.15, -0.1) is 0 Å². The van der Waals surface area contributed by atoms with E-state index < -0.39 is 23.4 Å². The predicted octanol–water partition coefficient (Wildman–Crippen LogP) is 3.36. The summed E-state index contributed by atoms with van der Waals surface area (Å²) < 4.78 is 5.20. The van der Waals surface area contributed by atoms with Gasteiger partial charge in [0.25, 0.3) is 0 Å². The number of ether oxygens (including phenoxy) is 1. The van der Waals surface area contributed by atoms with E-state index in [4.69, 9.17) is 16.3 Å². The summed E-state index contributed by atoms with van der Waals surface area (Å²) in [5.74, 6) is -1.43. The summed E-state index contributed by atoms with van der Waals surface area (Å²) in [6.07, 6.45) is 1.80. The van der Waals surface area contributed by atoms with Crippen molar-refractivity contribution < 1.29 is 19.4 Å². The highest BCUT2D eigenvalue weighted by Gasteiger charge is 2.54. The molecule has 124 valence electrons. The zero-order valence-electron chi connectivity index (χ0n) is 13.2. The number of fused-ring (bicyclic) bond motifs is 1. The van der Waals surface area contributed by atoms with Crippen LogP contribution < -0.4 is 4.90 Å². The molecule has 2 rings (SSSR count). The van der Waals surface area contributed by atoms with Crippen LogP contribution in [0.5, 0.6) is 0 Å². The van der Waals surface area contributed by atoms with Gasteiger partial charge in [-0.1, -0.05) is 25.1 Å². The molecule has 1 aliphatic heterocycles. The molecule has 0 saturated heterocycles. The van der Waals surface area contributed by atoms with Gasteiger partial charge in [-0.05, 0) is 43.3 Å². The third-order valence-corrected chi connectivity index (χ3v) is 4.61. The molecule has 0 radical (unpaired) electrons. The molecule has 23 heavy (non-hydrogen) atoms. The number of carboxylic acid groups (broad SMARTS) is 1. The second-order valence-electron chi connectivity index (χ2n) is 5.49. The van der Waals surface area contributed by atoms with E-state index in [0.717, 1.165) is 11.3 Å². The van der Waals surface area contributed by atoms with Crippen molar-refractivity contribution in [3.05, 3.63) is 41.6 Å². The van der Waals surface area contributed by atoms with Gasteiger partial charge in [-0.2, -0.15) is 0 Å². The maximum atomic E-state index is 12.6. The zero-order valence-corrected chi connectivity index (χ0v) is 14.0. The lowest BCUT2D eigenvalue weighted by molar-refractivity contribution is -0.147. The van der Waals surface area contributed by atoms with E-state index in [1.165, 1.54) is 6.20 Å². The molecule has 0 amide bonds. The van der Waals surface area contributed by atoms with Gasteiger partial charge >= 0.3 is 11.9 Å². The van der Waals surface area contributed by atoms with Gasteiger partial charge < -0.3 is 14.7 Å². The Kier molecular flexibility index (Phi) is 5.00. The summed E-state index contributed by atoms with van der Waals surface area (Å²) in [4.78, 5) is 25.8. The van der Waals surface area contributed by atoms with E-state index in [1.54, 1.807) is 30.0 Å². The number of aliphatic carboxylic acids is 1. The van der Waals surface area contributed by atoms with Crippen LogP contribution in [0, 0.1) is 0 Å². The molecule has 0 bridgehead atoms. The second kappa shape index (κ2) is 6.62. The van der Waals surface area contributed by atoms with Crippen LogP contribution in [0.15, 0.2) is 31.0 Å². The average molecular weight is 338 g/mol. The fourth-order valence-corrected chi connectivity index (χ4v) is 3.59. The standard InChI is InChI=1S/C17H20ClNO4/c1-4-17(10-14(20)21)12-9-11(18)7-8-13(12)19(5-2)15(17)16(22)23-6-3/h5,7-9,15H,2,4,6,10H2,1,3H3,(H,20,21). The molecule has 0 aromatic heterocycles. The minimum atomic E-state index is -0.974. The molecular weight excluding hydrogens is 318 g/mol. The third-order valence-electron chi connectivity index (χ3n) is 4.38. The predicted molar refractivity (Wildman–Crippen MR) is 88.8 cm³/mol. The van der Waals surface area contributed by atoms with Crippen molar-refractivity contribution in [2.75, 3.05) is 11.5 Å². The third kappa shape index (κ3) is 2.81. The van der Waals surface area contributed by atoms with Crippen LogP contribution in [0.1, 0.15) is 32.3 Å². The molecule has 0 spiro atoms.